The van der Waals surface area contributed by atoms with Gasteiger partial charge < -0.3 is 0 Å². The van der Waals surface area contributed by atoms with Gasteiger partial charge >= 0.3 is 0 Å². The van der Waals surface area contributed by atoms with E-state index in [-0.39, 0.29) is 0 Å². The van der Waals surface area contributed by atoms with Gasteiger partial charge in [-0.3, -0.25) is 0 Å². The number of rotatable bonds is 0. The van der Waals surface area contributed by atoms with Gasteiger partial charge in [0.2, 0.25) is 0 Å². The van der Waals surface area contributed by atoms with E-state index in [4.69, 9.17) is 0 Å². The number of alkyl halides is 2. The van der Waals surface area contributed by atoms with Gasteiger partial charge in [-0.2, -0.15) is 8.78 Å². The van der Waals surface area contributed by atoms with Crippen LogP contribution in [0.2, 0.25) is 0 Å². The molecule has 0 spiro atoms. The first-order chi connectivity index (χ1) is 4.01. The predicted octanol–water partition coefficient (Wildman–Crippen LogP) is 2.57. The summed E-state index contributed by atoms with van der Waals surface area (Å²) in [5, 5.41) is 0. The molecule has 9 heavy (non-hydrogen) atoms. The molecule has 1 fully saturated rings. The molecule has 0 N–H and O–H groups in total. The number of hydrogen-bond acceptors (Lipinski definition) is 0. The van der Waals surface area contributed by atoms with Gasteiger partial charge in [0.1, 0.15) is 0 Å². The van der Waals surface area contributed by atoms with Gasteiger partial charge in [0.25, 0.3) is 12.0 Å². The lowest BCUT2D eigenvalue weighted by Gasteiger charge is -2.27. The highest BCUT2D eigenvalue weighted by Crippen LogP contribution is 2.43. The van der Waals surface area contributed by atoms with Gasteiger partial charge in [-0.25, -0.2) is 8.78 Å². The van der Waals surface area contributed by atoms with Crippen molar-refractivity contribution in [2.24, 2.45) is 0 Å². The minimum Gasteiger partial charge on any atom is -0.206 e. The lowest BCUT2D eigenvalue weighted by molar-refractivity contribution is -0.0403. The molecule has 1 saturated carbocycles. The average molecular weight is 140 g/mol. The summed E-state index contributed by atoms with van der Waals surface area (Å²) in [7, 11) is 0. The molecular formula is C5H4F4. The van der Waals surface area contributed by atoms with Gasteiger partial charge in [0.15, 0.2) is 0 Å². The summed E-state index contributed by atoms with van der Waals surface area (Å²) in [6.45, 7) is 0. The SMILES string of the molecule is FC(F)=C1CC(F)(F)C1. The second-order valence-corrected chi connectivity index (χ2v) is 2.07. The highest BCUT2D eigenvalue weighted by atomic mass is 19.3. The van der Waals surface area contributed by atoms with Crippen molar-refractivity contribution in [1.82, 2.24) is 0 Å². The van der Waals surface area contributed by atoms with Crippen LogP contribution >= 0.6 is 0 Å². The molecule has 0 atom stereocenters. The van der Waals surface area contributed by atoms with Crippen molar-refractivity contribution in [3.05, 3.63) is 11.7 Å². The van der Waals surface area contributed by atoms with E-state index in [9.17, 15) is 17.6 Å². The van der Waals surface area contributed by atoms with Crippen LogP contribution in [0.4, 0.5) is 17.6 Å². The molecule has 1 aliphatic carbocycles. The highest BCUT2D eigenvalue weighted by molar-refractivity contribution is 5.17. The van der Waals surface area contributed by atoms with Crippen LogP contribution in [0.15, 0.2) is 11.7 Å². The first kappa shape index (κ1) is 6.58. The molecule has 4 heteroatoms. The minimum atomic E-state index is -2.86. The maximum Gasteiger partial charge on any atom is 0.269 e. The molecule has 0 radical (unpaired) electrons. The number of halogens is 4. The van der Waals surface area contributed by atoms with E-state index < -0.39 is 30.4 Å². The van der Waals surface area contributed by atoms with Crippen molar-refractivity contribution in [2.75, 3.05) is 0 Å². The quantitative estimate of drug-likeness (QED) is 0.453. The summed E-state index contributed by atoms with van der Waals surface area (Å²) in [6, 6.07) is 0. The van der Waals surface area contributed by atoms with Gasteiger partial charge in [-0.1, -0.05) is 0 Å². The van der Waals surface area contributed by atoms with Crippen molar-refractivity contribution in [2.45, 2.75) is 18.8 Å². The van der Waals surface area contributed by atoms with Gasteiger partial charge in [0, 0.05) is 18.4 Å². The number of hydrogen-bond donors (Lipinski definition) is 0. The predicted molar refractivity (Wildman–Crippen MR) is 23.4 cm³/mol. The molecular weight excluding hydrogens is 136 g/mol. The van der Waals surface area contributed by atoms with E-state index in [0.717, 1.165) is 0 Å². The Kier molecular flexibility index (Phi) is 1.26. The molecule has 52 valence electrons. The fourth-order valence-corrected chi connectivity index (χ4v) is 0.706. The Morgan fingerprint density at radius 2 is 1.67 bits per heavy atom. The zero-order valence-corrected chi connectivity index (χ0v) is 4.43. The fraction of sp³-hybridized carbons (Fsp3) is 0.600. The molecule has 0 aromatic heterocycles. The summed E-state index contributed by atoms with van der Waals surface area (Å²) in [5.41, 5.74) is -0.403. The zero-order chi connectivity index (χ0) is 7.07. The van der Waals surface area contributed by atoms with Crippen LogP contribution in [-0.4, -0.2) is 5.92 Å². The Hall–Kier alpha value is -0.540. The maximum absolute atomic E-state index is 11.8. The van der Waals surface area contributed by atoms with Crippen molar-refractivity contribution >= 4 is 0 Å². The average Bonchev–Trinajstić information content (AvgIpc) is 1.59. The second kappa shape index (κ2) is 1.72. The molecule has 0 amide bonds. The lowest BCUT2D eigenvalue weighted by atomic mass is 9.89. The van der Waals surface area contributed by atoms with E-state index in [1.807, 2.05) is 0 Å². The van der Waals surface area contributed by atoms with Crippen molar-refractivity contribution in [1.29, 1.82) is 0 Å². The van der Waals surface area contributed by atoms with E-state index in [1.54, 1.807) is 0 Å². The van der Waals surface area contributed by atoms with Crippen molar-refractivity contribution in [3.8, 4) is 0 Å². The topological polar surface area (TPSA) is 0 Å². The second-order valence-electron chi connectivity index (χ2n) is 2.07. The van der Waals surface area contributed by atoms with E-state index in [0.29, 0.717) is 0 Å². The van der Waals surface area contributed by atoms with Gasteiger partial charge in [-0.05, 0) is 0 Å². The highest BCUT2D eigenvalue weighted by Gasteiger charge is 2.43. The normalized spacial score (nSPS) is 23.3. The van der Waals surface area contributed by atoms with Gasteiger partial charge in [-0.15, -0.1) is 0 Å². The van der Waals surface area contributed by atoms with Crippen LogP contribution in [0.5, 0.6) is 0 Å². The standard InChI is InChI=1S/C5H4F4/c6-4(7)3-1-5(8,9)2-3/h1-2H2. The molecule has 0 saturated heterocycles. The Balaban J connectivity index is 2.54. The summed E-state index contributed by atoms with van der Waals surface area (Å²) < 4.78 is 46.3. The molecule has 0 heterocycles. The first-order valence-electron chi connectivity index (χ1n) is 2.42. The molecule has 0 unspecified atom stereocenters. The van der Waals surface area contributed by atoms with Crippen LogP contribution in [0.1, 0.15) is 12.8 Å². The van der Waals surface area contributed by atoms with Gasteiger partial charge in [0.05, 0.1) is 0 Å². The molecule has 0 bridgehead atoms. The first-order valence-corrected chi connectivity index (χ1v) is 2.42. The Morgan fingerprint density at radius 3 is 1.78 bits per heavy atom. The van der Waals surface area contributed by atoms with Crippen LogP contribution in [0, 0.1) is 0 Å². The summed E-state index contributed by atoms with van der Waals surface area (Å²) >= 11 is 0. The lowest BCUT2D eigenvalue weighted by Crippen LogP contribution is -2.28. The largest absolute Gasteiger partial charge is 0.269 e. The molecule has 0 aromatic carbocycles. The fourth-order valence-electron chi connectivity index (χ4n) is 0.706. The van der Waals surface area contributed by atoms with Crippen LogP contribution in [0.3, 0.4) is 0 Å². The molecule has 1 aliphatic rings. The van der Waals surface area contributed by atoms with E-state index in [2.05, 4.69) is 0 Å². The molecule has 0 aliphatic heterocycles. The zero-order valence-electron chi connectivity index (χ0n) is 4.43. The number of allylic oxidation sites excluding steroid dienone is 1. The monoisotopic (exact) mass is 140 g/mol. The van der Waals surface area contributed by atoms with Crippen LogP contribution in [0.25, 0.3) is 0 Å². The maximum atomic E-state index is 11.8. The van der Waals surface area contributed by atoms with Crippen LogP contribution < -0.4 is 0 Å². The van der Waals surface area contributed by atoms with Crippen molar-refractivity contribution in [3.63, 3.8) is 0 Å². The minimum absolute atomic E-state index is 0.403. The van der Waals surface area contributed by atoms with Crippen LogP contribution in [-0.2, 0) is 0 Å². The van der Waals surface area contributed by atoms with Crippen molar-refractivity contribution < 1.29 is 17.6 Å². The smallest absolute Gasteiger partial charge is 0.206 e. The molecule has 0 aromatic rings. The van der Waals surface area contributed by atoms with E-state index >= 15 is 0 Å². The Bertz CT molecular complexity index is 144. The summed E-state index contributed by atoms with van der Waals surface area (Å²) in [6.07, 6.45) is -3.45. The Morgan fingerprint density at radius 1 is 1.22 bits per heavy atom. The molecule has 1 rings (SSSR count). The third kappa shape index (κ3) is 1.23. The molecule has 0 nitrogen and oxygen atoms in total. The third-order valence-electron chi connectivity index (χ3n) is 1.21. The Labute approximate surface area is 49.2 Å². The summed E-state index contributed by atoms with van der Waals surface area (Å²) in [5.74, 6) is -2.86. The summed E-state index contributed by atoms with van der Waals surface area (Å²) in [4.78, 5) is 0. The third-order valence-corrected chi connectivity index (χ3v) is 1.21. The van der Waals surface area contributed by atoms with E-state index in [1.165, 1.54) is 0 Å².